The van der Waals surface area contributed by atoms with E-state index in [0.717, 1.165) is 25.1 Å². The average molecular weight is 235 g/mol. The maximum Gasteiger partial charge on any atom is 0.221 e. The molecular formula is C11H17N5O. The molecule has 1 atom stereocenters. The highest BCUT2D eigenvalue weighted by molar-refractivity contribution is 5.76. The quantitative estimate of drug-likeness (QED) is 0.753. The smallest absolute Gasteiger partial charge is 0.221 e. The van der Waals surface area contributed by atoms with Crippen LogP contribution in [0.2, 0.25) is 0 Å². The summed E-state index contributed by atoms with van der Waals surface area (Å²) >= 11 is 0. The molecular weight excluding hydrogens is 218 g/mol. The zero-order valence-corrected chi connectivity index (χ0v) is 9.67. The number of hydrogen-bond acceptors (Lipinski definition) is 5. The van der Waals surface area contributed by atoms with Crippen molar-refractivity contribution in [2.24, 2.45) is 11.7 Å². The van der Waals surface area contributed by atoms with Gasteiger partial charge in [-0.3, -0.25) is 14.7 Å². The van der Waals surface area contributed by atoms with Crippen LogP contribution in [-0.4, -0.2) is 33.9 Å². The van der Waals surface area contributed by atoms with Crippen LogP contribution in [0, 0.1) is 5.92 Å². The highest BCUT2D eigenvalue weighted by Gasteiger charge is 2.23. The van der Waals surface area contributed by atoms with Crippen LogP contribution < -0.4 is 11.5 Å². The Balaban J connectivity index is 1.94. The minimum Gasteiger partial charge on any atom is -0.382 e. The summed E-state index contributed by atoms with van der Waals surface area (Å²) in [5.74, 6) is 0.172. The largest absolute Gasteiger partial charge is 0.382 e. The van der Waals surface area contributed by atoms with Gasteiger partial charge in [0.2, 0.25) is 5.91 Å². The molecule has 0 spiro atoms. The van der Waals surface area contributed by atoms with Gasteiger partial charge in [0.05, 0.1) is 24.0 Å². The molecule has 1 aliphatic heterocycles. The van der Waals surface area contributed by atoms with Crippen molar-refractivity contribution < 1.29 is 4.79 Å². The van der Waals surface area contributed by atoms with Gasteiger partial charge in [-0.2, -0.15) is 0 Å². The van der Waals surface area contributed by atoms with E-state index in [4.69, 9.17) is 11.5 Å². The Bertz CT molecular complexity index is 391. The lowest BCUT2D eigenvalue weighted by Gasteiger charge is -2.30. The summed E-state index contributed by atoms with van der Waals surface area (Å²) in [6.45, 7) is 2.37. The van der Waals surface area contributed by atoms with Crippen molar-refractivity contribution in [1.29, 1.82) is 0 Å². The molecule has 0 saturated carbocycles. The molecule has 0 aliphatic carbocycles. The molecule has 6 nitrogen and oxygen atoms in total. The molecule has 1 aromatic heterocycles. The Kier molecular flexibility index (Phi) is 3.53. The lowest BCUT2D eigenvalue weighted by molar-refractivity contribution is -0.123. The van der Waals surface area contributed by atoms with Crippen molar-refractivity contribution >= 4 is 11.7 Å². The molecule has 0 aromatic carbocycles. The van der Waals surface area contributed by atoms with E-state index in [1.165, 1.54) is 0 Å². The molecule has 1 aliphatic rings. The summed E-state index contributed by atoms with van der Waals surface area (Å²) in [6, 6.07) is 0. The number of rotatable bonds is 3. The number of amides is 1. The van der Waals surface area contributed by atoms with Crippen LogP contribution in [-0.2, 0) is 11.3 Å². The van der Waals surface area contributed by atoms with Crippen molar-refractivity contribution in [2.45, 2.75) is 19.4 Å². The van der Waals surface area contributed by atoms with Crippen molar-refractivity contribution in [1.82, 2.24) is 14.9 Å². The first kappa shape index (κ1) is 11.8. The number of primary amides is 1. The number of hydrogen-bond donors (Lipinski definition) is 2. The number of piperidine rings is 1. The van der Waals surface area contributed by atoms with Crippen molar-refractivity contribution in [3.05, 3.63) is 18.1 Å². The average Bonchev–Trinajstić information content (AvgIpc) is 2.32. The van der Waals surface area contributed by atoms with E-state index in [1.54, 1.807) is 12.4 Å². The van der Waals surface area contributed by atoms with Crippen LogP contribution >= 0.6 is 0 Å². The molecule has 1 saturated heterocycles. The topological polar surface area (TPSA) is 98.1 Å². The molecule has 2 heterocycles. The van der Waals surface area contributed by atoms with Crippen LogP contribution in [0.25, 0.3) is 0 Å². The van der Waals surface area contributed by atoms with Gasteiger partial charge in [0, 0.05) is 13.1 Å². The van der Waals surface area contributed by atoms with E-state index < -0.39 is 0 Å². The molecule has 6 heteroatoms. The van der Waals surface area contributed by atoms with E-state index in [9.17, 15) is 4.79 Å². The van der Waals surface area contributed by atoms with Crippen LogP contribution in [0.3, 0.4) is 0 Å². The maximum atomic E-state index is 11.1. The Morgan fingerprint density at radius 2 is 2.29 bits per heavy atom. The fourth-order valence-corrected chi connectivity index (χ4v) is 2.11. The van der Waals surface area contributed by atoms with Crippen LogP contribution in [0.1, 0.15) is 18.5 Å². The monoisotopic (exact) mass is 235 g/mol. The standard InChI is InChI=1S/C11H17N5O/c12-10-5-14-9(4-15-10)7-16-3-1-2-8(6-16)11(13)17/h4-5,8H,1-3,6-7H2,(H2,12,15)(H2,13,17). The van der Waals surface area contributed by atoms with Gasteiger partial charge in [-0.1, -0.05) is 0 Å². The molecule has 17 heavy (non-hydrogen) atoms. The predicted molar refractivity (Wildman–Crippen MR) is 63.6 cm³/mol. The molecule has 4 N–H and O–H groups in total. The number of likely N-dealkylation sites (tertiary alicyclic amines) is 1. The predicted octanol–water partition coefficient (Wildman–Crippen LogP) is -0.244. The summed E-state index contributed by atoms with van der Waals surface area (Å²) in [7, 11) is 0. The summed E-state index contributed by atoms with van der Waals surface area (Å²) in [4.78, 5) is 21.5. The van der Waals surface area contributed by atoms with E-state index in [2.05, 4.69) is 14.9 Å². The molecule has 1 unspecified atom stereocenters. The number of nitrogens with two attached hydrogens (primary N) is 2. The number of carbonyl (C=O) groups excluding carboxylic acids is 1. The molecule has 1 fully saturated rings. The van der Waals surface area contributed by atoms with Gasteiger partial charge in [0.15, 0.2) is 0 Å². The SMILES string of the molecule is NC(=O)C1CCCN(Cc2cnc(N)cn2)C1. The normalized spacial score (nSPS) is 21.3. The Morgan fingerprint density at radius 1 is 1.47 bits per heavy atom. The molecule has 0 bridgehead atoms. The Labute approximate surface area is 100 Å². The van der Waals surface area contributed by atoms with E-state index in [0.29, 0.717) is 18.9 Å². The molecule has 92 valence electrons. The summed E-state index contributed by atoms with van der Waals surface area (Å²) in [6.07, 6.45) is 5.10. The van der Waals surface area contributed by atoms with Gasteiger partial charge in [0.1, 0.15) is 5.82 Å². The van der Waals surface area contributed by atoms with Gasteiger partial charge in [-0.05, 0) is 19.4 Å². The van der Waals surface area contributed by atoms with Gasteiger partial charge < -0.3 is 11.5 Å². The number of nitrogens with zero attached hydrogens (tertiary/aromatic N) is 3. The fourth-order valence-electron chi connectivity index (χ4n) is 2.11. The van der Waals surface area contributed by atoms with Gasteiger partial charge in [0.25, 0.3) is 0 Å². The zero-order chi connectivity index (χ0) is 12.3. The Morgan fingerprint density at radius 3 is 2.94 bits per heavy atom. The molecule has 0 radical (unpaired) electrons. The number of aromatic nitrogens is 2. The molecule has 2 rings (SSSR count). The summed E-state index contributed by atoms with van der Waals surface area (Å²) in [5, 5.41) is 0. The van der Waals surface area contributed by atoms with Crippen molar-refractivity contribution in [2.75, 3.05) is 18.8 Å². The van der Waals surface area contributed by atoms with Crippen LogP contribution in [0.5, 0.6) is 0 Å². The lowest BCUT2D eigenvalue weighted by Crippen LogP contribution is -2.40. The first-order valence-corrected chi connectivity index (χ1v) is 5.73. The summed E-state index contributed by atoms with van der Waals surface area (Å²) in [5.41, 5.74) is 11.7. The Hall–Kier alpha value is -1.69. The van der Waals surface area contributed by atoms with Crippen LogP contribution in [0.4, 0.5) is 5.82 Å². The third-order valence-electron chi connectivity index (χ3n) is 3.02. The fraction of sp³-hybridized carbons (Fsp3) is 0.545. The number of carbonyl (C=O) groups is 1. The second-order valence-corrected chi connectivity index (χ2v) is 4.41. The first-order valence-electron chi connectivity index (χ1n) is 5.73. The third-order valence-corrected chi connectivity index (χ3v) is 3.02. The zero-order valence-electron chi connectivity index (χ0n) is 9.67. The van der Waals surface area contributed by atoms with E-state index in [1.807, 2.05) is 0 Å². The molecule has 1 aromatic rings. The highest BCUT2D eigenvalue weighted by atomic mass is 16.1. The van der Waals surface area contributed by atoms with E-state index >= 15 is 0 Å². The van der Waals surface area contributed by atoms with Crippen LogP contribution in [0.15, 0.2) is 12.4 Å². The summed E-state index contributed by atoms with van der Waals surface area (Å²) < 4.78 is 0. The highest BCUT2D eigenvalue weighted by Crippen LogP contribution is 2.17. The van der Waals surface area contributed by atoms with Crippen molar-refractivity contribution in [3.8, 4) is 0 Å². The second-order valence-electron chi connectivity index (χ2n) is 4.41. The first-order chi connectivity index (χ1) is 8.15. The van der Waals surface area contributed by atoms with Gasteiger partial charge >= 0.3 is 0 Å². The lowest BCUT2D eigenvalue weighted by atomic mass is 9.97. The van der Waals surface area contributed by atoms with E-state index in [-0.39, 0.29) is 11.8 Å². The minimum atomic E-state index is -0.210. The van der Waals surface area contributed by atoms with Gasteiger partial charge in [-0.25, -0.2) is 4.98 Å². The third kappa shape index (κ3) is 3.13. The number of nitrogen functional groups attached to an aromatic ring is 1. The second kappa shape index (κ2) is 5.09. The molecule has 1 amide bonds. The maximum absolute atomic E-state index is 11.1. The minimum absolute atomic E-state index is 0.0366. The van der Waals surface area contributed by atoms with Crippen molar-refractivity contribution in [3.63, 3.8) is 0 Å². The number of anilines is 1. The van der Waals surface area contributed by atoms with Gasteiger partial charge in [-0.15, -0.1) is 0 Å².